The third-order valence-corrected chi connectivity index (χ3v) is 2.74. The van der Waals surface area contributed by atoms with E-state index in [4.69, 9.17) is 9.47 Å². The number of rotatable bonds is 8. The Bertz CT molecular complexity index is 322. The summed E-state index contributed by atoms with van der Waals surface area (Å²) in [5, 5.41) is 3.43. The lowest BCUT2D eigenvalue weighted by Gasteiger charge is -2.19. The topological polar surface area (TPSA) is 30.5 Å². The van der Waals surface area contributed by atoms with Crippen molar-refractivity contribution in [1.29, 1.82) is 0 Å². The van der Waals surface area contributed by atoms with Crippen LogP contribution in [0.15, 0.2) is 24.3 Å². The van der Waals surface area contributed by atoms with Crippen LogP contribution in [0, 0.1) is 5.92 Å². The number of methoxy groups -OCH3 is 1. The van der Waals surface area contributed by atoms with Crippen LogP contribution in [0.25, 0.3) is 0 Å². The lowest BCUT2D eigenvalue weighted by molar-refractivity contribution is 0.192. The first-order valence-corrected chi connectivity index (χ1v) is 6.67. The maximum Gasteiger partial charge on any atom is 0.120 e. The number of benzene rings is 1. The van der Waals surface area contributed by atoms with Crippen molar-refractivity contribution in [2.24, 2.45) is 5.92 Å². The highest BCUT2D eigenvalue weighted by atomic mass is 16.5. The minimum atomic E-state index is 0.220. The second-order valence-electron chi connectivity index (χ2n) is 4.88. The molecule has 3 heteroatoms. The predicted octanol–water partition coefficient (Wildman–Crippen LogP) is 3.10. The van der Waals surface area contributed by atoms with E-state index in [-0.39, 0.29) is 6.10 Å². The largest absolute Gasteiger partial charge is 0.497 e. The molecule has 1 N–H and O–H groups in total. The summed E-state index contributed by atoms with van der Waals surface area (Å²) in [4.78, 5) is 0. The van der Waals surface area contributed by atoms with E-state index in [2.05, 4.69) is 26.1 Å². The summed E-state index contributed by atoms with van der Waals surface area (Å²) >= 11 is 0. The zero-order valence-corrected chi connectivity index (χ0v) is 11.9. The van der Waals surface area contributed by atoms with E-state index < -0.39 is 0 Å². The molecule has 0 heterocycles. The molecule has 1 aromatic carbocycles. The summed E-state index contributed by atoms with van der Waals surface area (Å²) < 4.78 is 11.1. The van der Waals surface area contributed by atoms with Gasteiger partial charge < -0.3 is 14.8 Å². The molecule has 0 saturated heterocycles. The third kappa shape index (κ3) is 5.41. The van der Waals surface area contributed by atoms with Crippen molar-refractivity contribution >= 4 is 0 Å². The van der Waals surface area contributed by atoms with Gasteiger partial charge in [-0.1, -0.05) is 20.8 Å². The zero-order chi connectivity index (χ0) is 13.4. The Morgan fingerprint density at radius 2 is 1.67 bits per heavy atom. The van der Waals surface area contributed by atoms with Gasteiger partial charge in [0.05, 0.1) is 7.11 Å². The molecule has 0 amide bonds. The average Bonchev–Trinajstić information content (AvgIpc) is 2.38. The van der Waals surface area contributed by atoms with Crippen molar-refractivity contribution in [3.8, 4) is 11.5 Å². The highest BCUT2D eigenvalue weighted by Crippen LogP contribution is 2.18. The molecule has 3 nitrogen and oxygen atoms in total. The van der Waals surface area contributed by atoms with Gasteiger partial charge in [0.25, 0.3) is 0 Å². The lowest BCUT2D eigenvalue weighted by atomic mass is 10.2. The highest BCUT2D eigenvalue weighted by molar-refractivity contribution is 5.31. The van der Waals surface area contributed by atoms with Crippen LogP contribution in [0.4, 0.5) is 0 Å². The highest BCUT2D eigenvalue weighted by Gasteiger charge is 2.08. The first kappa shape index (κ1) is 14.8. The van der Waals surface area contributed by atoms with Gasteiger partial charge in [-0.2, -0.15) is 0 Å². The summed E-state index contributed by atoms with van der Waals surface area (Å²) in [7, 11) is 1.67. The first-order chi connectivity index (χ1) is 8.65. The second kappa shape index (κ2) is 7.98. The normalized spacial score (nSPS) is 12.5. The standard InChI is InChI=1S/C15H25NO2/c1-5-13(11-16-10-12(2)3)18-15-8-6-14(17-4)7-9-15/h6-9,12-13,16H,5,10-11H2,1-4H3. The third-order valence-electron chi connectivity index (χ3n) is 2.74. The molecule has 0 fully saturated rings. The minimum Gasteiger partial charge on any atom is -0.497 e. The van der Waals surface area contributed by atoms with Crippen LogP contribution >= 0.6 is 0 Å². The Morgan fingerprint density at radius 1 is 1.06 bits per heavy atom. The smallest absolute Gasteiger partial charge is 0.120 e. The lowest BCUT2D eigenvalue weighted by Crippen LogP contribution is -2.32. The van der Waals surface area contributed by atoms with Gasteiger partial charge >= 0.3 is 0 Å². The van der Waals surface area contributed by atoms with Crippen LogP contribution in [0.2, 0.25) is 0 Å². The molecule has 0 aliphatic heterocycles. The van der Waals surface area contributed by atoms with Gasteiger partial charge in [0.15, 0.2) is 0 Å². The Balaban J connectivity index is 2.41. The summed E-state index contributed by atoms with van der Waals surface area (Å²) in [6, 6.07) is 7.74. The molecule has 0 aliphatic carbocycles. The molecule has 1 unspecified atom stereocenters. The summed E-state index contributed by atoms with van der Waals surface area (Å²) in [5.74, 6) is 2.42. The Hall–Kier alpha value is -1.22. The number of ether oxygens (including phenoxy) is 2. The number of hydrogen-bond acceptors (Lipinski definition) is 3. The van der Waals surface area contributed by atoms with E-state index in [0.717, 1.165) is 31.0 Å². The molecule has 0 aromatic heterocycles. The second-order valence-corrected chi connectivity index (χ2v) is 4.88. The van der Waals surface area contributed by atoms with E-state index in [1.165, 1.54) is 0 Å². The molecule has 1 atom stereocenters. The van der Waals surface area contributed by atoms with E-state index in [9.17, 15) is 0 Å². The summed E-state index contributed by atoms with van der Waals surface area (Å²) in [5.41, 5.74) is 0. The van der Waals surface area contributed by atoms with E-state index >= 15 is 0 Å². The fourth-order valence-electron chi connectivity index (χ4n) is 1.65. The molecule has 0 spiro atoms. The fraction of sp³-hybridized carbons (Fsp3) is 0.600. The monoisotopic (exact) mass is 251 g/mol. The van der Waals surface area contributed by atoms with Gasteiger partial charge in [-0.05, 0) is 43.1 Å². The molecule has 0 bridgehead atoms. The number of nitrogens with one attached hydrogen (secondary N) is 1. The first-order valence-electron chi connectivity index (χ1n) is 6.67. The summed E-state index contributed by atoms with van der Waals surface area (Å²) in [6.45, 7) is 8.48. The molecule has 1 aromatic rings. The van der Waals surface area contributed by atoms with Crippen molar-refractivity contribution in [2.45, 2.75) is 33.3 Å². The molecule has 1 rings (SSSR count). The molecule has 0 radical (unpaired) electrons. The maximum atomic E-state index is 5.93. The number of hydrogen-bond donors (Lipinski definition) is 1. The van der Waals surface area contributed by atoms with E-state index in [0.29, 0.717) is 5.92 Å². The fourth-order valence-corrected chi connectivity index (χ4v) is 1.65. The van der Waals surface area contributed by atoms with Crippen molar-refractivity contribution in [3.63, 3.8) is 0 Å². The van der Waals surface area contributed by atoms with Crippen LogP contribution in [-0.2, 0) is 0 Å². The van der Waals surface area contributed by atoms with Gasteiger partial charge in [-0.25, -0.2) is 0 Å². The van der Waals surface area contributed by atoms with Crippen LogP contribution in [0.5, 0.6) is 11.5 Å². The van der Waals surface area contributed by atoms with Crippen LogP contribution in [-0.4, -0.2) is 26.3 Å². The van der Waals surface area contributed by atoms with Crippen molar-refractivity contribution in [2.75, 3.05) is 20.2 Å². The minimum absolute atomic E-state index is 0.220. The molecule has 18 heavy (non-hydrogen) atoms. The predicted molar refractivity (Wildman–Crippen MR) is 75.4 cm³/mol. The molecule has 0 saturated carbocycles. The molecule has 0 aliphatic rings. The zero-order valence-electron chi connectivity index (χ0n) is 11.9. The van der Waals surface area contributed by atoms with Crippen molar-refractivity contribution < 1.29 is 9.47 Å². The van der Waals surface area contributed by atoms with Gasteiger partial charge in [0, 0.05) is 6.54 Å². The van der Waals surface area contributed by atoms with E-state index in [1.807, 2.05) is 24.3 Å². The Kier molecular flexibility index (Phi) is 6.58. The van der Waals surface area contributed by atoms with E-state index in [1.54, 1.807) is 7.11 Å². The van der Waals surface area contributed by atoms with Gasteiger partial charge in [0.1, 0.15) is 17.6 Å². The van der Waals surface area contributed by atoms with Crippen molar-refractivity contribution in [1.82, 2.24) is 5.32 Å². The van der Waals surface area contributed by atoms with Crippen LogP contribution < -0.4 is 14.8 Å². The SMILES string of the molecule is CCC(CNCC(C)C)Oc1ccc(OC)cc1. The molecular weight excluding hydrogens is 226 g/mol. The molecular formula is C15H25NO2. The summed E-state index contributed by atoms with van der Waals surface area (Å²) in [6.07, 6.45) is 1.22. The quantitative estimate of drug-likeness (QED) is 0.770. The Morgan fingerprint density at radius 3 is 2.17 bits per heavy atom. The maximum absolute atomic E-state index is 5.93. The van der Waals surface area contributed by atoms with Crippen molar-refractivity contribution in [3.05, 3.63) is 24.3 Å². The molecule has 102 valence electrons. The average molecular weight is 251 g/mol. The van der Waals surface area contributed by atoms with Gasteiger partial charge in [0.2, 0.25) is 0 Å². The van der Waals surface area contributed by atoms with Gasteiger partial charge in [-0.15, -0.1) is 0 Å². The Labute approximate surface area is 110 Å². The van der Waals surface area contributed by atoms with Crippen LogP contribution in [0.3, 0.4) is 0 Å². The van der Waals surface area contributed by atoms with Gasteiger partial charge in [-0.3, -0.25) is 0 Å². The van der Waals surface area contributed by atoms with Crippen LogP contribution in [0.1, 0.15) is 27.2 Å².